The van der Waals surface area contributed by atoms with Crippen LogP contribution in [-0.4, -0.2) is 10.9 Å². The van der Waals surface area contributed by atoms with Crippen molar-refractivity contribution in [1.29, 1.82) is 0 Å². The highest BCUT2D eigenvalue weighted by Crippen LogP contribution is 2.30. The van der Waals surface area contributed by atoms with E-state index in [9.17, 15) is 4.79 Å². The molecule has 0 aliphatic heterocycles. The summed E-state index contributed by atoms with van der Waals surface area (Å²) in [6.45, 7) is 0. The number of halogens is 2. The third kappa shape index (κ3) is 3.82. The molecule has 0 atom stereocenters. The topological polar surface area (TPSA) is 54.0 Å². The second-order valence-corrected chi connectivity index (χ2v) is 6.30. The van der Waals surface area contributed by atoms with Crippen LogP contribution in [0.15, 0.2) is 54.0 Å². The van der Waals surface area contributed by atoms with Gasteiger partial charge in [-0.15, -0.1) is 11.3 Å². The van der Waals surface area contributed by atoms with Crippen molar-refractivity contribution in [3.63, 3.8) is 0 Å². The van der Waals surface area contributed by atoms with Crippen LogP contribution < -0.4 is 10.6 Å². The van der Waals surface area contributed by atoms with Crippen molar-refractivity contribution in [2.45, 2.75) is 0 Å². The zero-order chi connectivity index (χ0) is 16.2. The first-order chi connectivity index (χ1) is 11.1. The molecule has 2 aromatic carbocycles. The normalized spacial score (nSPS) is 10.3. The number of carbonyl (C=O) groups excluding carboxylic acids is 1. The van der Waals surface area contributed by atoms with Gasteiger partial charge in [-0.25, -0.2) is 4.98 Å². The van der Waals surface area contributed by atoms with E-state index in [0.717, 1.165) is 10.8 Å². The molecule has 1 amide bonds. The van der Waals surface area contributed by atoms with Crippen LogP contribution in [0, 0.1) is 0 Å². The van der Waals surface area contributed by atoms with Crippen LogP contribution in [0.5, 0.6) is 0 Å². The summed E-state index contributed by atoms with van der Waals surface area (Å²) in [5.41, 5.74) is 1.67. The van der Waals surface area contributed by atoms with E-state index in [-0.39, 0.29) is 5.91 Å². The van der Waals surface area contributed by atoms with Crippen LogP contribution in [0.25, 0.3) is 0 Å². The molecule has 0 aliphatic carbocycles. The lowest BCUT2D eigenvalue weighted by atomic mass is 10.2. The largest absolute Gasteiger partial charge is 0.332 e. The molecule has 23 heavy (non-hydrogen) atoms. The van der Waals surface area contributed by atoms with Gasteiger partial charge in [-0.3, -0.25) is 4.79 Å². The van der Waals surface area contributed by atoms with E-state index in [1.165, 1.54) is 11.3 Å². The van der Waals surface area contributed by atoms with Gasteiger partial charge in [0.25, 0.3) is 5.91 Å². The lowest BCUT2D eigenvalue weighted by molar-refractivity contribution is 0.102. The van der Waals surface area contributed by atoms with Crippen LogP contribution in [0.1, 0.15) is 10.4 Å². The summed E-state index contributed by atoms with van der Waals surface area (Å²) >= 11 is 13.6. The fraction of sp³-hybridized carbons (Fsp3) is 0. The number of carbonyl (C=O) groups is 1. The molecule has 0 spiro atoms. The van der Waals surface area contributed by atoms with Gasteiger partial charge in [0.1, 0.15) is 0 Å². The second kappa shape index (κ2) is 7.00. The SMILES string of the molecule is O=C(Nc1c(Cl)cccc1Cl)c1cccc(Nc2nccs2)c1. The van der Waals surface area contributed by atoms with Gasteiger partial charge >= 0.3 is 0 Å². The lowest BCUT2D eigenvalue weighted by Crippen LogP contribution is -2.12. The first kappa shape index (κ1) is 15.8. The molecule has 0 saturated heterocycles. The molecular formula is C16H11Cl2N3OS. The summed E-state index contributed by atoms with van der Waals surface area (Å²) in [6.07, 6.45) is 1.71. The summed E-state index contributed by atoms with van der Waals surface area (Å²) in [4.78, 5) is 16.6. The number of thiazole rings is 1. The Bertz CT molecular complexity index is 817. The third-order valence-corrected chi connectivity index (χ3v) is 4.33. The molecule has 2 N–H and O–H groups in total. The second-order valence-electron chi connectivity index (χ2n) is 4.59. The van der Waals surface area contributed by atoms with E-state index in [0.29, 0.717) is 21.3 Å². The van der Waals surface area contributed by atoms with E-state index in [4.69, 9.17) is 23.2 Å². The van der Waals surface area contributed by atoms with Gasteiger partial charge in [0, 0.05) is 22.8 Å². The monoisotopic (exact) mass is 363 g/mol. The number of hydrogen-bond donors (Lipinski definition) is 2. The highest BCUT2D eigenvalue weighted by atomic mass is 35.5. The highest BCUT2D eigenvalue weighted by Gasteiger charge is 2.12. The molecule has 116 valence electrons. The first-order valence-corrected chi connectivity index (χ1v) is 8.29. The maximum absolute atomic E-state index is 12.4. The van der Waals surface area contributed by atoms with Gasteiger partial charge in [-0.2, -0.15) is 0 Å². The minimum Gasteiger partial charge on any atom is -0.332 e. The number of anilines is 3. The molecule has 1 heterocycles. The van der Waals surface area contributed by atoms with E-state index in [1.54, 1.807) is 42.6 Å². The zero-order valence-corrected chi connectivity index (χ0v) is 14.0. The Morgan fingerprint density at radius 1 is 1.09 bits per heavy atom. The maximum Gasteiger partial charge on any atom is 0.255 e. The maximum atomic E-state index is 12.4. The van der Waals surface area contributed by atoms with Crippen molar-refractivity contribution >= 4 is 57.0 Å². The predicted octanol–water partition coefficient (Wildman–Crippen LogP) is 5.45. The smallest absolute Gasteiger partial charge is 0.255 e. The molecule has 4 nitrogen and oxygen atoms in total. The molecule has 7 heteroatoms. The minimum absolute atomic E-state index is 0.289. The predicted molar refractivity (Wildman–Crippen MR) is 96.3 cm³/mol. The van der Waals surface area contributed by atoms with Gasteiger partial charge in [-0.1, -0.05) is 35.3 Å². The molecule has 1 aromatic heterocycles. The van der Waals surface area contributed by atoms with Crippen LogP contribution in [0.4, 0.5) is 16.5 Å². The standard InChI is InChI=1S/C16H11Cl2N3OS/c17-12-5-2-6-13(18)14(12)21-15(22)10-3-1-4-11(9-10)20-16-19-7-8-23-16/h1-9H,(H,19,20)(H,21,22). The summed E-state index contributed by atoms with van der Waals surface area (Å²) in [6, 6.07) is 12.2. The molecule has 0 bridgehead atoms. The fourth-order valence-corrected chi connectivity index (χ4v) is 2.99. The van der Waals surface area contributed by atoms with Crippen LogP contribution >= 0.6 is 34.5 Å². The van der Waals surface area contributed by atoms with Crippen molar-refractivity contribution in [3.8, 4) is 0 Å². The average Bonchev–Trinajstić information content (AvgIpc) is 3.04. The average molecular weight is 364 g/mol. The number of nitrogens with one attached hydrogen (secondary N) is 2. The lowest BCUT2D eigenvalue weighted by Gasteiger charge is -2.10. The molecular weight excluding hydrogens is 353 g/mol. The van der Waals surface area contributed by atoms with E-state index >= 15 is 0 Å². The first-order valence-electron chi connectivity index (χ1n) is 6.65. The van der Waals surface area contributed by atoms with E-state index < -0.39 is 0 Å². The number of rotatable bonds is 4. The Balaban J connectivity index is 1.80. The van der Waals surface area contributed by atoms with Crippen molar-refractivity contribution in [3.05, 3.63) is 69.7 Å². The fourth-order valence-electron chi connectivity index (χ4n) is 1.95. The Morgan fingerprint density at radius 3 is 2.52 bits per heavy atom. The van der Waals surface area contributed by atoms with E-state index in [2.05, 4.69) is 15.6 Å². The highest BCUT2D eigenvalue weighted by molar-refractivity contribution is 7.13. The van der Waals surface area contributed by atoms with E-state index in [1.807, 2.05) is 11.4 Å². The molecule has 3 rings (SSSR count). The van der Waals surface area contributed by atoms with Gasteiger partial charge < -0.3 is 10.6 Å². The van der Waals surface area contributed by atoms with Gasteiger partial charge in [0.15, 0.2) is 5.13 Å². The Morgan fingerprint density at radius 2 is 1.83 bits per heavy atom. The Hall–Kier alpha value is -2.08. The zero-order valence-electron chi connectivity index (χ0n) is 11.7. The Labute approximate surface area is 147 Å². The summed E-state index contributed by atoms with van der Waals surface area (Å²) < 4.78 is 0. The van der Waals surface area contributed by atoms with Gasteiger partial charge in [0.05, 0.1) is 15.7 Å². The Kier molecular flexibility index (Phi) is 4.81. The van der Waals surface area contributed by atoms with Crippen molar-refractivity contribution in [2.24, 2.45) is 0 Å². The van der Waals surface area contributed by atoms with Crippen LogP contribution in [-0.2, 0) is 0 Å². The number of amides is 1. The van der Waals surface area contributed by atoms with Crippen LogP contribution in [0.3, 0.4) is 0 Å². The van der Waals surface area contributed by atoms with Crippen molar-refractivity contribution in [1.82, 2.24) is 4.98 Å². The number of benzene rings is 2. The summed E-state index contributed by atoms with van der Waals surface area (Å²) in [5, 5.41) is 9.30. The number of nitrogens with zero attached hydrogens (tertiary/aromatic N) is 1. The molecule has 0 fully saturated rings. The van der Waals surface area contributed by atoms with Crippen molar-refractivity contribution < 1.29 is 4.79 Å². The van der Waals surface area contributed by atoms with Crippen molar-refractivity contribution in [2.75, 3.05) is 10.6 Å². The molecule has 3 aromatic rings. The van der Waals surface area contributed by atoms with Gasteiger partial charge in [-0.05, 0) is 30.3 Å². The van der Waals surface area contributed by atoms with Gasteiger partial charge in [0.2, 0.25) is 0 Å². The quantitative estimate of drug-likeness (QED) is 0.648. The molecule has 0 aliphatic rings. The molecule has 0 unspecified atom stereocenters. The summed E-state index contributed by atoms with van der Waals surface area (Å²) in [7, 11) is 0. The molecule has 0 radical (unpaired) electrons. The molecule has 0 saturated carbocycles. The minimum atomic E-state index is -0.289. The third-order valence-electron chi connectivity index (χ3n) is 3.01. The number of hydrogen-bond acceptors (Lipinski definition) is 4. The summed E-state index contributed by atoms with van der Waals surface area (Å²) in [5.74, 6) is -0.289. The number of para-hydroxylation sites is 1. The van der Waals surface area contributed by atoms with Crippen LogP contribution in [0.2, 0.25) is 10.0 Å². The number of aromatic nitrogens is 1.